The molecule has 2 fully saturated rings. The van der Waals surface area contributed by atoms with Gasteiger partial charge in [0.05, 0.1) is 38.0 Å². The molecule has 0 bridgehead atoms. The molecule has 3 heterocycles. The predicted molar refractivity (Wildman–Crippen MR) is 119 cm³/mol. The smallest absolute Gasteiger partial charge is 0.332 e. The lowest BCUT2D eigenvalue weighted by molar-refractivity contribution is -0.154. The van der Waals surface area contributed by atoms with Crippen LogP contribution in [0.5, 0.6) is 11.5 Å². The highest BCUT2D eigenvalue weighted by molar-refractivity contribution is 6.31. The minimum atomic E-state index is -1.43. The van der Waals surface area contributed by atoms with Crippen molar-refractivity contribution in [2.24, 2.45) is 11.8 Å². The van der Waals surface area contributed by atoms with Gasteiger partial charge in [-0.25, -0.2) is 9.69 Å². The number of ether oxygens (including phenoxy) is 3. The quantitative estimate of drug-likeness (QED) is 0.499. The summed E-state index contributed by atoms with van der Waals surface area (Å²) in [5.74, 6) is -1.13. The predicted octanol–water partition coefficient (Wildman–Crippen LogP) is 3.82. The van der Waals surface area contributed by atoms with E-state index in [0.717, 1.165) is 10.5 Å². The summed E-state index contributed by atoms with van der Waals surface area (Å²) in [5, 5.41) is 0.487. The Labute approximate surface area is 195 Å². The summed E-state index contributed by atoms with van der Waals surface area (Å²) >= 11 is 6.00. The van der Waals surface area contributed by atoms with Gasteiger partial charge in [-0.05, 0) is 50.2 Å². The van der Waals surface area contributed by atoms with E-state index in [-0.39, 0.29) is 13.2 Å². The third kappa shape index (κ3) is 2.93. The van der Waals surface area contributed by atoms with E-state index in [1.807, 2.05) is 6.07 Å². The Morgan fingerprint density at radius 1 is 1.21 bits per heavy atom. The van der Waals surface area contributed by atoms with E-state index in [9.17, 15) is 14.4 Å². The van der Waals surface area contributed by atoms with Crippen molar-refractivity contribution in [2.75, 3.05) is 25.2 Å². The molecule has 0 radical (unpaired) electrons. The molecular formula is C24H23ClN2O6. The molecule has 2 saturated heterocycles. The van der Waals surface area contributed by atoms with E-state index in [4.69, 9.17) is 25.8 Å². The molecule has 0 saturated carbocycles. The van der Waals surface area contributed by atoms with Gasteiger partial charge in [-0.1, -0.05) is 11.6 Å². The van der Waals surface area contributed by atoms with Crippen molar-refractivity contribution in [1.82, 2.24) is 4.90 Å². The maximum atomic E-state index is 13.8. The van der Waals surface area contributed by atoms with Gasteiger partial charge in [-0.3, -0.25) is 9.59 Å². The second kappa shape index (κ2) is 7.66. The van der Waals surface area contributed by atoms with Crippen LogP contribution in [0.15, 0.2) is 42.5 Å². The van der Waals surface area contributed by atoms with Gasteiger partial charge in [0.1, 0.15) is 17.0 Å². The number of halogens is 1. The van der Waals surface area contributed by atoms with Crippen LogP contribution in [0.4, 0.5) is 10.5 Å². The Bertz CT molecular complexity index is 1150. The Kier molecular flexibility index (Phi) is 5.01. The van der Waals surface area contributed by atoms with Crippen molar-refractivity contribution in [3.8, 4) is 11.5 Å². The van der Waals surface area contributed by atoms with E-state index in [1.54, 1.807) is 57.4 Å². The van der Waals surface area contributed by atoms with Gasteiger partial charge in [-0.2, -0.15) is 0 Å². The number of urea groups is 1. The zero-order chi connectivity index (χ0) is 23.5. The maximum Gasteiger partial charge on any atom is 0.332 e. The lowest BCUT2D eigenvalue weighted by Crippen LogP contribution is -2.51. The zero-order valence-corrected chi connectivity index (χ0v) is 19.2. The molecule has 9 heteroatoms. The highest BCUT2D eigenvalue weighted by Gasteiger charge is 2.72. The maximum absolute atomic E-state index is 13.8. The van der Waals surface area contributed by atoms with Crippen molar-refractivity contribution in [3.63, 3.8) is 0 Å². The van der Waals surface area contributed by atoms with Gasteiger partial charge in [-0.15, -0.1) is 0 Å². The fourth-order valence-electron chi connectivity index (χ4n) is 5.41. The van der Waals surface area contributed by atoms with Crippen LogP contribution >= 0.6 is 11.6 Å². The number of esters is 1. The summed E-state index contributed by atoms with van der Waals surface area (Å²) in [6.45, 7) is 3.69. The topological polar surface area (TPSA) is 85.4 Å². The average Bonchev–Trinajstić information content (AvgIpc) is 3.19. The van der Waals surface area contributed by atoms with Crippen LogP contribution in [0, 0.1) is 11.8 Å². The number of nitrogens with zero attached hydrogens (tertiary/aromatic N) is 2. The molecule has 8 nitrogen and oxygen atoms in total. The molecule has 172 valence electrons. The van der Waals surface area contributed by atoms with Gasteiger partial charge in [0, 0.05) is 22.6 Å². The number of methoxy groups -OCH3 is 1. The summed E-state index contributed by atoms with van der Waals surface area (Å²) in [5.41, 5.74) is -0.307. The summed E-state index contributed by atoms with van der Waals surface area (Å²) < 4.78 is 16.7. The standard InChI is InChI=1S/C24H23ClN2O6/c1-4-32-21(28)19-17-12-33-18-11-15(31-3)9-10-16(18)20(17)27-23(30)26(22(29)24(19,27)2)14-7-5-13(25)6-8-14/h5-11,17,19-20H,4,12H2,1-3H3/t17-,19+,20+,24+/m1/s1. The first-order valence-corrected chi connectivity index (χ1v) is 11.1. The third-order valence-electron chi connectivity index (χ3n) is 6.85. The Hall–Kier alpha value is -3.26. The lowest BCUT2D eigenvalue weighted by Gasteiger charge is -2.34. The fourth-order valence-corrected chi connectivity index (χ4v) is 5.54. The van der Waals surface area contributed by atoms with E-state index in [2.05, 4.69) is 0 Å². The zero-order valence-electron chi connectivity index (χ0n) is 18.4. The minimum Gasteiger partial charge on any atom is -0.497 e. The van der Waals surface area contributed by atoms with E-state index in [1.165, 1.54) is 4.90 Å². The second-order valence-corrected chi connectivity index (χ2v) is 8.91. The second-order valence-electron chi connectivity index (χ2n) is 8.47. The number of carbonyl (C=O) groups is 3. The minimum absolute atomic E-state index is 0.167. The number of anilines is 1. The molecule has 0 aromatic heterocycles. The summed E-state index contributed by atoms with van der Waals surface area (Å²) in [7, 11) is 1.56. The Balaban J connectivity index is 1.66. The molecule has 0 aliphatic carbocycles. The van der Waals surface area contributed by atoms with Crippen LogP contribution < -0.4 is 14.4 Å². The molecule has 3 amide bonds. The van der Waals surface area contributed by atoms with Crippen LogP contribution in [-0.2, 0) is 14.3 Å². The average molecular weight is 471 g/mol. The summed E-state index contributed by atoms with van der Waals surface area (Å²) in [6, 6.07) is 10.8. The largest absolute Gasteiger partial charge is 0.497 e. The van der Waals surface area contributed by atoms with Gasteiger partial charge < -0.3 is 19.1 Å². The van der Waals surface area contributed by atoms with Gasteiger partial charge >= 0.3 is 12.0 Å². The normalized spacial score (nSPS) is 27.6. The molecule has 0 spiro atoms. The van der Waals surface area contributed by atoms with Crippen LogP contribution in [0.3, 0.4) is 0 Å². The number of amides is 3. The van der Waals surface area contributed by atoms with E-state index in [0.29, 0.717) is 22.2 Å². The highest BCUT2D eigenvalue weighted by Crippen LogP contribution is 2.58. The van der Waals surface area contributed by atoms with Crippen molar-refractivity contribution in [3.05, 3.63) is 53.1 Å². The molecule has 3 aliphatic heterocycles. The number of imide groups is 1. The molecule has 33 heavy (non-hydrogen) atoms. The lowest BCUT2D eigenvalue weighted by atomic mass is 9.77. The number of benzene rings is 2. The molecule has 3 aliphatic rings. The van der Waals surface area contributed by atoms with Gasteiger partial charge in [0.2, 0.25) is 0 Å². The van der Waals surface area contributed by atoms with Crippen molar-refractivity contribution in [2.45, 2.75) is 25.4 Å². The van der Waals surface area contributed by atoms with Crippen molar-refractivity contribution >= 4 is 35.2 Å². The molecule has 0 unspecified atom stereocenters. The van der Waals surface area contributed by atoms with Gasteiger partial charge in [0.25, 0.3) is 5.91 Å². The number of hydrogen-bond donors (Lipinski definition) is 0. The molecule has 5 rings (SSSR count). The van der Waals surface area contributed by atoms with Crippen LogP contribution in [0.1, 0.15) is 25.5 Å². The SMILES string of the molecule is CCOC(=O)[C@@H]1[C@H]2COc3cc(OC)ccc3[C@@H]2N2C(=O)N(c3ccc(Cl)cc3)C(=O)[C@]12C. The molecule has 2 aromatic rings. The van der Waals surface area contributed by atoms with Crippen molar-refractivity contribution in [1.29, 1.82) is 0 Å². The fraction of sp³-hybridized carbons (Fsp3) is 0.375. The molecular weight excluding hydrogens is 448 g/mol. The molecule has 4 atom stereocenters. The van der Waals surface area contributed by atoms with Crippen LogP contribution in [0.25, 0.3) is 0 Å². The molecule has 0 N–H and O–H groups in total. The number of hydrogen-bond acceptors (Lipinski definition) is 6. The van der Waals surface area contributed by atoms with Crippen molar-refractivity contribution < 1.29 is 28.6 Å². The first-order chi connectivity index (χ1) is 15.8. The third-order valence-corrected chi connectivity index (χ3v) is 7.10. The van der Waals surface area contributed by atoms with Gasteiger partial charge in [0.15, 0.2) is 0 Å². The van der Waals surface area contributed by atoms with E-state index < -0.39 is 41.3 Å². The Morgan fingerprint density at radius 2 is 1.94 bits per heavy atom. The number of carbonyl (C=O) groups excluding carboxylic acids is 3. The molecule has 2 aromatic carbocycles. The number of fused-ring (bicyclic) bond motifs is 5. The van der Waals surface area contributed by atoms with Crippen LogP contribution in [0.2, 0.25) is 5.02 Å². The first kappa shape index (κ1) is 21.6. The van der Waals surface area contributed by atoms with E-state index >= 15 is 0 Å². The first-order valence-electron chi connectivity index (χ1n) is 10.7. The Morgan fingerprint density at radius 3 is 2.61 bits per heavy atom. The summed E-state index contributed by atoms with van der Waals surface area (Å²) in [6.07, 6.45) is 0. The van der Waals surface area contributed by atoms with Crippen LogP contribution in [-0.4, -0.2) is 48.7 Å². The summed E-state index contributed by atoms with van der Waals surface area (Å²) in [4.78, 5) is 43.5. The monoisotopic (exact) mass is 470 g/mol. The highest BCUT2D eigenvalue weighted by atomic mass is 35.5. The number of rotatable bonds is 4.